The molecule has 8 heteroatoms. The normalized spacial score (nSPS) is 14.1. The highest BCUT2D eigenvalue weighted by atomic mass is 32.2. The number of nitrogens with zero attached hydrogens (tertiary/aromatic N) is 1. The Kier molecular flexibility index (Phi) is 8.71. The lowest BCUT2D eigenvalue weighted by Crippen LogP contribution is -2.26. The molecule has 1 aromatic heterocycles. The maximum Gasteiger partial charge on any atom is 0.425 e. The molecule has 6 nitrogen and oxygen atoms in total. The van der Waals surface area contributed by atoms with Gasteiger partial charge in [0.2, 0.25) is 5.69 Å². The topological polar surface area (TPSA) is 91.5 Å². The molecular weight excluding hydrogens is 410 g/mol. The van der Waals surface area contributed by atoms with Crippen molar-refractivity contribution >= 4 is 49.4 Å². The molecule has 0 unspecified atom stereocenters. The predicted molar refractivity (Wildman–Crippen MR) is 118 cm³/mol. The predicted octanol–water partition coefficient (Wildman–Crippen LogP) is 4.88. The molecule has 0 atom stereocenters. The number of unbranched alkanes of at least 4 members (excludes halogenated alkanes) is 2. The van der Waals surface area contributed by atoms with Gasteiger partial charge in [-0.15, -0.1) is 24.0 Å². The lowest BCUT2D eigenvalue weighted by atomic mass is 9.82. The largest absolute Gasteiger partial charge is 0.481 e. The smallest absolute Gasteiger partial charge is 0.425 e. The van der Waals surface area contributed by atoms with E-state index in [-0.39, 0.29) is 19.3 Å². The zero-order valence-electron chi connectivity index (χ0n) is 16.6. The van der Waals surface area contributed by atoms with Gasteiger partial charge >= 0.3 is 16.6 Å². The summed E-state index contributed by atoms with van der Waals surface area (Å²) in [5.74, 6) is -0.694. The summed E-state index contributed by atoms with van der Waals surface area (Å²) in [6.45, 7) is 9.98. The van der Waals surface area contributed by atoms with Crippen molar-refractivity contribution in [2.75, 3.05) is 6.54 Å². The van der Waals surface area contributed by atoms with Gasteiger partial charge in [-0.05, 0) is 51.8 Å². The number of fused-ring (bicyclic) bond motifs is 3. The van der Waals surface area contributed by atoms with E-state index in [1.807, 2.05) is 11.3 Å². The quantitative estimate of drug-likeness (QED) is 0.510. The van der Waals surface area contributed by atoms with Crippen molar-refractivity contribution in [3.8, 4) is 0 Å². The van der Waals surface area contributed by atoms with Gasteiger partial charge in [-0.1, -0.05) is 7.43 Å². The summed E-state index contributed by atoms with van der Waals surface area (Å²) in [7, 11) is -3.11. The Morgan fingerprint density at radius 1 is 1.14 bits per heavy atom. The maximum absolute atomic E-state index is 10.7. The number of aryl methyl sites for hydroxylation is 1. The fourth-order valence-corrected chi connectivity index (χ4v) is 4.65. The summed E-state index contributed by atoms with van der Waals surface area (Å²) in [6, 6.07) is 6.86. The zero-order valence-corrected chi connectivity index (χ0v) is 18.2. The van der Waals surface area contributed by atoms with Crippen LogP contribution in [0.2, 0.25) is 0 Å². The minimum Gasteiger partial charge on any atom is -0.481 e. The molecule has 1 N–H and O–H groups in total. The van der Waals surface area contributed by atoms with E-state index in [0.29, 0.717) is 0 Å². The van der Waals surface area contributed by atoms with Crippen molar-refractivity contribution in [2.45, 2.75) is 66.2 Å². The summed E-state index contributed by atoms with van der Waals surface area (Å²) in [4.78, 5) is 12.0. The number of carboxylic acid groups (broad SMARTS) is 1. The lowest BCUT2D eigenvalue weighted by molar-refractivity contribution is -0.438. The van der Waals surface area contributed by atoms with Crippen LogP contribution in [0.4, 0.5) is 5.69 Å². The van der Waals surface area contributed by atoms with Crippen LogP contribution in [0.25, 0.3) is 10.1 Å². The third-order valence-electron chi connectivity index (χ3n) is 5.32. The van der Waals surface area contributed by atoms with Crippen LogP contribution < -0.4 is 0 Å². The monoisotopic (exact) mass is 440 g/mol. The van der Waals surface area contributed by atoms with Gasteiger partial charge in [0, 0.05) is 34.9 Å². The Labute approximate surface area is 178 Å². The van der Waals surface area contributed by atoms with Crippen molar-refractivity contribution in [1.82, 2.24) is 0 Å². The van der Waals surface area contributed by atoms with Gasteiger partial charge in [0.15, 0.2) is 5.71 Å². The van der Waals surface area contributed by atoms with E-state index in [1.165, 1.54) is 31.9 Å². The molecule has 0 spiro atoms. The van der Waals surface area contributed by atoms with Gasteiger partial charge in [0.05, 0.1) is 10.8 Å². The molecule has 0 aliphatic carbocycles. The van der Waals surface area contributed by atoms with Crippen molar-refractivity contribution in [3.05, 3.63) is 28.6 Å². The Balaban J connectivity index is 0.000000771. The summed E-state index contributed by atoms with van der Waals surface area (Å²) < 4.78 is 29.2. The number of aliphatic carboxylic acids is 1. The molecule has 1 aliphatic rings. The van der Waals surface area contributed by atoms with E-state index in [4.69, 9.17) is 17.7 Å². The highest BCUT2D eigenvalue weighted by Crippen LogP contribution is 2.45. The first kappa shape index (κ1) is 25.0. The first-order valence-electron chi connectivity index (χ1n) is 9.19. The van der Waals surface area contributed by atoms with E-state index in [1.54, 1.807) is 0 Å². The Morgan fingerprint density at radius 3 is 2.34 bits per heavy atom. The van der Waals surface area contributed by atoms with Gasteiger partial charge in [-0.3, -0.25) is 4.79 Å². The first-order chi connectivity index (χ1) is 13.1. The number of carbonyl (C=O) groups is 1. The van der Waals surface area contributed by atoms with Gasteiger partial charge in [0.25, 0.3) is 0 Å². The molecular formula is C21H30NO5S2+. The number of rotatable bonds is 6. The summed E-state index contributed by atoms with van der Waals surface area (Å²) in [6.07, 6.45) is 3.03. The second-order valence-electron chi connectivity index (χ2n) is 7.50. The van der Waals surface area contributed by atoms with Gasteiger partial charge in [-0.25, -0.2) is 0 Å². The molecule has 1 aromatic carbocycles. The fraction of sp³-hybridized carbons (Fsp3) is 0.524. The molecule has 0 radical (unpaired) electrons. The zero-order chi connectivity index (χ0) is 21.1. The van der Waals surface area contributed by atoms with Crippen molar-refractivity contribution in [1.29, 1.82) is 0 Å². The second kappa shape index (κ2) is 10.1. The van der Waals surface area contributed by atoms with E-state index in [0.717, 1.165) is 25.8 Å². The molecule has 2 aromatic rings. The van der Waals surface area contributed by atoms with Crippen molar-refractivity contribution < 1.29 is 27.1 Å². The molecule has 1 aliphatic heterocycles. The third-order valence-corrected chi connectivity index (χ3v) is 6.34. The molecule has 0 bridgehead atoms. The number of carboxylic acids is 1. The third kappa shape index (κ3) is 5.73. The highest BCUT2D eigenvalue weighted by Gasteiger charge is 2.43. The lowest BCUT2D eigenvalue weighted by Gasteiger charge is -2.14. The Morgan fingerprint density at radius 2 is 1.76 bits per heavy atom. The van der Waals surface area contributed by atoms with E-state index >= 15 is 0 Å². The summed E-state index contributed by atoms with van der Waals surface area (Å²) >= 11 is 1.86. The van der Waals surface area contributed by atoms with E-state index in [9.17, 15) is 4.79 Å². The average molecular weight is 441 g/mol. The van der Waals surface area contributed by atoms with Crippen LogP contribution in [0.15, 0.2) is 18.2 Å². The Hall–Kier alpha value is -2.06. The molecule has 0 saturated heterocycles. The van der Waals surface area contributed by atoms with Crippen LogP contribution >= 0.6 is 11.3 Å². The first-order valence-corrected chi connectivity index (χ1v) is 11.0. The van der Waals surface area contributed by atoms with Gasteiger partial charge < -0.3 is 5.11 Å². The average Bonchev–Trinajstić information content (AvgIpc) is 3.04. The second-order valence-corrected chi connectivity index (χ2v) is 9.20. The van der Waals surface area contributed by atoms with Crippen LogP contribution in [0.3, 0.4) is 0 Å². The molecule has 0 saturated carbocycles. The minimum absolute atomic E-state index is 0. The summed E-state index contributed by atoms with van der Waals surface area (Å²) in [5.41, 5.74) is 4.24. The van der Waals surface area contributed by atoms with Crippen LogP contribution in [-0.2, 0) is 20.8 Å². The number of benzene rings is 1. The van der Waals surface area contributed by atoms with Crippen molar-refractivity contribution in [3.63, 3.8) is 0 Å². The standard InChI is InChI=1S/C20H25NO2S.CH4.O3S/c1-13-12-15-17(24-13)10-9-16-19(15)21(14(2)20(16,3)4)11-7-5-6-8-18(22)23;;1-4(2)3/h9-10,12H,5-8,11H2,1-4H3;1H4;/p+1. The summed E-state index contributed by atoms with van der Waals surface area (Å²) in [5, 5.41) is 10.1. The van der Waals surface area contributed by atoms with E-state index < -0.39 is 16.6 Å². The maximum atomic E-state index is 10.7. The van der Waals surface area contributed by atoms with Crippen LogP contribution in [-0.4, -0.2) is 40.5 Å². The molecule has 2 heterocycles. The number of hydrogen-bond donors (Lipinski definition) is 1. The van der Waals surface area contributed by atoms with E-state index in [2.05, 4.69) is 50.5 Å². The Bertz CT molecular complexity index is 1030. The molecule has 0 fully saturated rings. The highest BCUT2D eigenvalue weighted by molar-refractivity contribution is 7.59. The number of hydrogen-bond acceptors (Lipinski definition) is 5. The molecule has 160 valence electrons. The van der Waals surface area contributed by atoms with Gasteiger partial charge in [-0.2, -0.15) is 4.58 Å². The molecule has 3 rings (SSSR count). The number of thiophene rings is 1. The van der Waals surface area contributed by atoms with Gasteiger partial charge in [0.1, 0.15) is 6.54 Å². The van der Waals surface area contributed by atoms with Crippen LogP contribution in [0.5, 0.6) is 0 Å². The van der Waals surface area contributed by atoms with Crippen LogP contribution in [0, 0.1) is 6.92 Å². The fourth-order valence-electron chi connectivity index (χ4n) is 3.72. The van der Waals surface area contributed by atoms with Crippen LogP contribution in [0.1, 0.15) is 64.3 Å². The molecule has 29 heavy (non-hydrogen) atoms. The van der Waals surface area contributed by atoms with Crippen molar-refractivity contribution in [2.24, 2.45) is 0 Å². The molecule has 0 amide bonds. The SMILES string of the molecule is C.CC1=[N+](CCCCCC(=O)O)c2c(ccc3sc(C)cc23)C1(C)C.O=S(=O)=O. The minimum atomic E-state index is -3.11.